The van der Waals surface area contributed by atoms with Crippen LogP contribution in [-0.4, -0.2) is 18.9 Å². The Morgan fingerprint density at radius 3 is 2.85 bits per heavy atom. The minimum Gasteiger partial charge on any atom is -0.469 e. The van der Waals surface area contributed by atoms with E-state index in [0.717, 1.165) is 5.76 Å². The second kappa shape index (κ2) is 3.68. The van der Waals surface area contributed by atoms with Gasteiger partial charge in [-0.3, -0.25) is 4.79 Å². The van der Waals surface area contributed by atoms with Gasteiger partial charge < -0.3 is 14.2 Å². The van der Waals surface area contributed by atoms with E-state index in [-0.39, 0.29) is 5.97 Å². The molecule has 0 amide bonds. The lowest BCUT2D eigenvalue weighted by atomic mass is 10.2. The molecule has 0 saturated heterocycles. The van der Waals surface area contributed by atoms with Gasteiger partial charge in [0.2, 0.25) is 5.79 Å². The summed E-state index contributed by atoms with van der Waals surface area (Å²) in [7, 11) is 1.37. The van der Waals surface area contributed by atoms with Crippen LogP contribution in [0.2, 0.25) is 0 Å². The molecule has 0 aromatic heterocycles. The van der Waals surface area contributed by atoms with Crippen molar-refractivity contribution in [2.45, 2.75) is 32.5 Å². The largest absolute Gasteiger partial charge is 0.469 e. The minimum absolute atomic E-state index is 0.252. The number of hydrogen-bond donors (Lipinski definition) is 0. The van der Waals surface area contributed by atoms with Crippen LogP contribution in [0.25, 0.3) is 0 Å². The molecule has 1 heterocycles. The second-order valence-corrected chi connectivity index (χ2v) is 3.16. The van der Waals surface area contributed by atoms with Crippen LogP contribution in [0.1, 0.15) is 26.7 Å². The zero-order valence-electron chi connectivity index (χ0n) is 8.12. The van der Waals surface area contributed by atoms with Gasteiger partial charge in [0, 0.05) is 13.3 Å². The molecule has 0 saturated carbocycles. The Bertz CT molecular complexity index is 234. The maximum Gasteiger partial charge on any atom is 0.305 e. The van der Waals surface area contributed by atoms with Gasteiger partial charge in [-0.1, -0.05) is 0 Å². The number of rotatable bonds is 3. The summed E-state index contributed by atoms with van der Waals surface area (Å²) in [6.45, 7) is 3.60. The molecule has 0 fully saturated rings. The summed E-state index contributed by atoms with van der Waals surface area (Å²) in [5, 5.41) is 0. The van der Waals surface area contributed by atoms with E-state index in [2.05, 4.69) is 4.74 Å². The molecule has 4 nitrogen and oxygen atoms in total. The molecule has 1 atom stereocenters. The summed E-state index contributed by atoms with van der Waals surface area (Å²) in [4.78, 5) is 10.8. The third-order valence-electron chi connectivity index (χ3n) is 1.86. The van der Waals surface area contributed by atoms with Gasteiger partial charge in [0.25, 0.3) is 0 Å². The average molecular weight is 186 g/mol. The lowest BCUT2D eigenvalue weighted by molar-refractivity contribution is -0.155. The molecule has 13 heavy (non-hydrogen) atoms. The van der Waals surface area contributed by atoms with Crippen LogP contribution in [-0.2, 0) is 19.0 Å². The predicted molar refractivity (Wildman–Crippen MR) is 45.6 cm³/mol. The predicted octanol–water partition coefficient (Wildman–Crippen LogP) is 1.56. The lowest BCUT2D eigenvalue weighted by Crippen LogP contribution is -2.27. The van der Waals surface area contributed by atoms with Crippen molar-refractivity contribution in [2.75, 3.05) is 7.11 Å². The van der Waals surface area contributed by atoms with E-state index in [9.17, 15) is 4.79 Å². The van der Waals surface area contributed by atoms with Crippen molar-refractivity contribution in [3.8, 4) is 0 Å². The summed E-state index contributed by atoms with van der Waals surface area (Å²) < 4.78 is 15.1. The summed E-state index contributed by atoms with van der Waals surface area (Å²) in [5.41, 5.74) is 0. The highest BCUT2D eigenvalue weighted by Crippen LogP contribution is 2.28. The molecular formula is C9H14O4. The smallest absolute Gasteiger partial charge is 0.305 e. The van der Waals surface area contributed by atoms with Crippen LogP contribution in [0.5, 0.6) is 0 Å². The highest BCUT2D eigenvalue weighted by atomic mass is 16.7. The molecule has 1 aliphatic heterocycles. The van der Waals surface area contributed by atoms with Crippen LogP contribution in [0.3, 0.4) is 0 Å². The van der Waals surface area contributed by atoms with E-state index in [0.29, 0.717) is 12.8 Å². The molecule has 0 N–H and O–H groups in total. The molecule has 0 aromatic carbocycles. The van der Waals surface area contributed by atoms with Gasteiger partial charge in [0.05, 0.1) is 13.5 Å². The van der Waals surface area contributed by atoms with Crippen LogP contribution >= 0.6 is 0 Å². The van der Waals surface area contributed by atoms with Crippen LogP contribution in [0.15, 0.2) is 12.0 Å². The molecule has 74 valence electrons. The van der Waals surface area contributed by atoms with E-state index in [1.165, 1.54) is 7.11 Å². The van der Waals surface area contributed by atoms with Gasteiger partial charge in [0.1, 0.15) is 12.0 Å². The quantitative estimate of drug-likeness (QED) is 0.627. The zero-order chi connectivity index (χ0) is 9.90. The van der Waals surface area contributed by atoms with Crippen LogP contribution < -0.4 is 0 Å². The standard InChI is InChI=1S/C9H14O4/c1-7-6-12-9(2,13-7)5-4-8(10)11-3/h6H,4-5H2,1-3H3. The van der Waals surface area contributed by atoms with E-state index in [1.54, 1.807) is 13.2 Å². The first kappa shape index (κ1) is 9.89. The lowest BCUT2D eigenvalue weighted by Gasteiger charge is -2.22. The number of carbonyl (C=O) groups excluding carboxylic acids is 1. The number of ether oxygens (including phenoxy) is 3. The summed E-state index contributed by atoms with van der Waals surface area (Å²) >= 11 is 0. The Morgan fingerprint density at radius 1 is 1.69 bits per heavy atom. The molecule has 4 heteroatoms. The Kier molecular flexibility index (Phi) is 2.80. The fourth-order valence-electron chi connectivity index (χ4n) is 1.14. The van der Waals surface area contributed by atoms with Crippen molar-refractivity contribution >= 4 is 5.97 Å². The highest BCUT2D eigenvalue weighted by Gasteiger charge is 2.32. The van der Waals surface area contributed by atoms with Crippen LogP contribution in [0, 0.1) is 0 Å². The van der Waals surface area contributed by atoms with Gasteiger partial charge in [-0.25, -0.2) is 0 Å². The van der Waals surface area contributed by atoms with Crippen LogP contribution in [0.4, 0.5) is 0 Å². The first-order chi connectivity index (χ1) is 6.06. The Labute approximate surface area is 77.5 Å². The van der Waals surface area contributed by atoms with E-state index >= 15 is 0 Å². The summed E-state index contributed by atoms with van der Waals surface area (Å²) in [5.74, 6) is -0.219. The number of esters is 1. The molecule has 1 aliphatic rings. The van der Waals surface area contributed by atoms with Crippen molar-refractivity contribution in [1.29, 1.82) is 0 Å². The van der Waals surface area contributed by atoms with E-state index < -0.39 is 5.79 Å². The van der Waals surface area contributed by atoms with Gasteiger partial charge in [-0.15, -0.1) is 0 Å². The van der Waals surface area contributed by atoms with Crippen molar-refractivity contribution in [3.05, 3.63) is 12.0 Å². The number of carbonyl (C=O) groups is 1. The topological polar surface area (TPSA) is 44.8 Å². The zero-order valence-corrected chi connectivity index (χ0v) is 8.12. The van der Waals surface area contributed by atoms with Crippen molar-refractivity contribution in [3.63, 3.8) is 0 Å². The van der Waals surface area contributed by atoms with Crippen molar-refractivity contribution < 1.29 is 19.0 Å². The maximum absolute atomic E-state index is 10.8. The molecule has 0 radical (unpaired) electrons. The molecule has 0 bridgehead atoms. The van der Waals surface area contributed by atoms with E-state index in [1.807, 2.05) is 6.92 Å². The van der Waals surface area contributed by atoms with Gasteiger partial charge in [-0.2, -0.15) is 0 Å². The molecule has 0 spiro atoms. The third-order valence-corrected chi connectivity index (χ3v) is 1.86. The fraction of sp³-hybridized carbons (Fsp3) is 0.667. The third kappa shape index (κ3) is 2.65. The Balaban J connectivity index is 2.33. The van der Waals surface area contributed by atoms with Crippen molar-refractivity contribution in [2.24, 2.45) is 0 Å². The Hall–Kier alpha value is -1.19. The average Bonchev–Trinajstić information content (AvgIpc) is 2.43. The normalized spacial score (nSPS) is 25.9. The molecule has 1 unspecified atom stereocenters. The maximum atomic E-state index is 10.8. The number of methoxy groups -OCH3 is 1. The molecule has 1 rings (SSSR count). The first-order valence-corrected chi connectivity index (χ1v) is 4.16. The molecule has 0 aromatic rings. The Morgan fingerprint density at radius 2 is 2.38 bits per heavy atom. The van der Waals surface area contributed by atoms with Gasteiger partial charge >= 0.3 is 5.97 Å². The van der Waals surface area contributed by atoms with Gasteiger partial charge in [0.15, 0.2) is 0 Å². The van der Waals surface area contributed by atoms with Gasteiger partial charge in [-0.05, 0) is 6.92 Å². The SMILES string of the molecule is COC(=O)CCC1(C)OC=C(C)O1. The number of allylic oxidation sites excluding steroid dienone is 1. The molecule has 0 aliphatic carbocycles. The minimum atomic E-state index is -0.696. The first-order valence-electron chi connectivity index (χ1n) is 4.16. The highest BCUT2D eigenvalue weighted by molar-refractivity contribution is 5.69. The fourth-order valence-corrected chi connectivity index (χ4v) is 1.14. The summed E-state index contributed by atoms with van der Waals surface area (Å²) in [6.07, 6.45) is 2.35. The second-order valence-electron chi connectivity index (χ2n) is 3.16. The molecular weight excluding hydrogens is 172 g/mol. The summed E-state index contributed by atoms with van der Waals surface area (Å²) in [6, 6.07) is 0. The van der Waals surface area contributed by atoms with E-state index in [4.69, 9.17) is 9.47 Å². The number of hydrogen-bond acceptors (Lipinski definition) is 4. The monoisotopic (exact) mass is 186 g/mol. The van der Waals surface area contributed by atoms with Crippen molar-refractivity contribution in [1.82, 2.24) is 0 Å².